The molecule has 2 amide bonds. The second kappa shape index (κ2) is 6.88. The molecule has 0 radical (unpaired) electrons. The predicted octanol–water partition coefficient (Wildman–Crippen LogP) is 1.14. The van der Waals surface area contributed by atoms with E-state index in [0.717, 1.165) is 29.8 Å². The Morgan fingerprint density at radius 3 is 2.79 bits per heavy atom. The molecule has 8 heteroatoms. The first-order chi connectivity index (χ1) is 14.1. The molecule has 152 valence electrons. The number of benzene rings is 1. The summed E-state index contributed by atoms with van der Waals surface area (Å²) in [6, 6.07) is 9.60. The van der Waals surface area contributed by atoms with Gasteiger partial charge in [-0.1, -0.05) is 18.2 Å². The minimum Gasteiger partial charge on any atom is -0.480 e. The highest BCUT2D eigenvalue weighted by Gasteiger charge is 2.42. The number of nitrogens with zero attached hydrogens (tertiary/aromatic N) is 3. The second-order valence-electron chi connectivity index (χ2n) is 7.97. The summed E-state index contributed by atoms with van der Waals surface area (Å²) >= 11 is 0. The number of fused-ring (bicyclic) bond motifs is 2. The van der Waals surface area contributed by atoms with E-state index in [2.05, 4.69) is 10.4 Å². The number of amides is 2. The summed E-state index contributed by atoms with van der Waals surface area (Å²) in [7, 11) is 1.60. The summed E-state index contributed by atoms with van der Waals surface area (Å²) in [5, 5.41) is 7.04. The quantitative estimate of drug-likeness (QED) is 0.823. The van der Waals surface area contributed by atoms with Crippen LogP contribution in [0.4, 0.5) is 0 Å². The lowest BCUT2D eigenvalue weighted by Crippen LogP contribution is -2.54. The van der Waals surface area contributed by atoms with E-state index in [9.17, 15) is 9.59 Å². The molecular weight excluding hydrogens is 372 g/mol. The maximum Gasteiger partial charge on any atom is 0.271 e. The molecule has 2 aromatic rings. The zero-order valence-electron chi connectivity index (χ0n) is 16.4. The van der Waals surface area contributed by atoms with E-state index in [-0.39, 0.29) is 17.4 Å². The van der Waals surface area contributed by atoms with Crippen molar-refractivity contribution in [3.8, 4) is 5.75 Å². The molecule has 3 aliphatic heterocycles. The summed E-state index contributed by atoms with van der Waals surface area (Å²) in [5.41, 5.74) is 2.07. The van der Waals surface area contributed by atoms with Gasteiger partial charge in [-0.05, 0) is 30.5 Å². The zero-order valence-corrected chi connectivity index (χ0v) is 16.4. The molecule has 1 unspecified atom stereocenters. The van der Waals surface area contributed by atoms with Crippen LogP contribution in [0.15, 0.2) is 30.3 Å². The van der Waals surface area contributed by atoms with Crippen LogP contribution in [0.1, 0.15) is 34.6 Å². The van der Waals surface area contributed by atoms with Gasteiger partial charge in [-0.3, -0.25) is 14.3 Å². The Morgan fingerprint density at radius 2 is 2.03 bits per heavy atom. The number of rotatable bonds is 2. The van der Waals surface area contributed by atoms with Crippen molar-refractivity contribution in [2.75, 3.05) is 20.1 Å². The van der Waals surface area contributed by atoms with Crippen LogP contribution in [-0.2, 0) is 29.1 Å². The Bertz CT molecular complexity index is 936. The number of nitrogens with one attached hydrogen (secondary N) is 1. The zero-order chi connectivity index (χ0) is 20.0. The van der Waals surface area contributed by atoms with Crippen molar-refractivity contribution in [2.24, 2.45) is 0 Å². The summed E-state index contributed by atoms with van der Waals surface area (Å²) in [5.74, 6) is 0.667. The third kappa shape index (κ3) is 3.17. The van der Waals surface area contributed by atoms with Gasteiger partial charge in [0.05, 0.1) is 24.4 Å². The van der Waals surface area contributed by atoms with Gasteiger partial charge in [0.2, 0.25) is 0 Å². The topological polar surface area (TPSA) is 85.7 Å². The van der Waals surface area contributed by atoms with E-state index >= 15 is 0 Å². The van der Waals surface area contributed by atoms with Crippen molar-refractivity contribution in [3.05, 3.63) is 47.3 Å². The van der Waals surface area contributed by atoms with Crippen LogP contribution in [-0.4, -0.2) is 58.3 Å². The van der Waals surface area contributed by atoms with Crippen molar-refractivity contribution in [1.29, 1.82) is 0 Å². The SMILES string of the molecule is CNC(=O)c1cc2n(n1)CC1(CCN(C(=O)C3Cc4ccccc4O3)CC1)OC2. The van der Waals surface area contributed by atoms with Gasteiger partial charge < -0.3 is 19.7 Å². The maximum atomic E-state index is 12.9. The minimum absolute atomic E-state index is 0.0496. The van der Waals surface area contributed by atoms with E-state index in [1.807, 2.05) is 33.8 Å². The van der Waals surface area contributed by atoms with Crippen molar-refractivity contribution < 1.29 is 19.1 Å². The van der Waals surface area contributed by atoms with E-state index in [0.29, 0.717) is 38.4 Å². The van der Waals surface area contributed by atoms with Crippen LogP contribution in [0.3, 0.4) is 0 Å². The highest BCUT2D eigenvalue weighted by Crippen LogP contribution is 2.35. The van der Waals surface area contributed by atoms with Gasteiger partial charge >= 0.3 is 0 Å². The molecule has 1 saturated heterocycles. The molecule has 1 aromatic heterocycles. The Kier molecular flexibility index (Phi) is 4.31. The third-order valence-corrected chi connectivity index (χ3v) is 6.20. The molecule has 3 aliphatic rings. The van der Waals surface area contributed by atoms with Crippen LogP contribution >= 0.6 is 0 Å². The number of carbonyl (C=O) groups excluding carboxylic acids is 2. The lowest BCUT2D eigenvalue weighted by molar-refractivity contribution is -0.151. The molecule has 0 bridgehead atoms. The third-order valence-electron chi connectivity index (χ3n) is 6.20. The van der Waals surface area contributed by atoms with Crippen LogP contribution in [0.25, 0.3) is 0 Å². The summed E-state index contributed by atoms with van der Waals surface area (Å²) in [6.45, 7) is 2.30. The average molecular weight is 396 g/mol. The van der Waals surface area contributed by atoms with Crippen molar-refractivity contribution in [3.63, 3.8) is 0 Å². The van der Waals surface area contributed by atoms with Gasteiger partial charge in [0.25, 0.3) is 11.8 Å². The molecule has 1 atom stereocenters. The Hall–Kier alpha value is -2.87. The van der Waals surface area contributed by atoms with Crippen LogP contribution in [0.2, 0.25) is 0 Å². The van der Waals surface area contributed by atoms with Crippen LogP contribution in [0.5, 0.6) is 5.75 Å². The van der Waals surface area contributed by atoms with Crippen LogP contribution < -0.4 is 10.1 Å². The number of carbonyl (C=O) groups is 2. The number of para-hydroxylation sites is 1. The Labute approximate surface area is 168 Å². The Balaban J connectivity index is 1.22. The molecule has 29 heavy (non-hydrogen) atoms. The van der Waals surface area contributed by atoms with E-state index in [4.69, 9.17) is 9.47 Å². The first kappa shape index (κ1) is 18.2. The largest absolute Gasteiger partial charge is 0.480 e. The van der Waals surface area contributed by atoms with Gasteiger partial charge in [-0.25, -0.2) is 0 Å². The molecule has 1 spiro atoms. The number of aromatic nitrogens is 2. The number of hydrogen-bond acceptors (Lipinski definition) is 5. The predicted molar refractivity (Wildman–Crippen MR) is 104 cm³/mol. The van der Waals surface area contributed by atoms with Crippen molar-refractivity contribution >= 4 is 11.8 Å². The molecule has 1 aromatic carbocycles. The average Bonchev–Trinajstić information content (AvgIpc) is 3.37. The normalized spacial score (nSPS) is 22.0. The highest BCUT2D eigenvalue weighted by atomic mass is 16.5. The van der Waals surface area contributed by atoms with Crippen molar-refractivity contribution in [1.82, 2.24) is 20.0 Å². The molecule has 4 heterocycles. The highest BCUT2D eigenvalue weighted by molar-refractivity contribution is 5.92. The van der Waals surface area contributed by atoms with Gasteiger partial charge in [0.15, 0.2) is 11.8 Å². The smallest absolute Gasteiger partial charge is 0.271 e. The van der Waals surface area contributed by atoms with Gasteiger partial charge in [0.1, 0.15) is 5.75 Å². The lowest BCUT2D eigenvalue weighted by atomic mass is 9.89. The molecule has 0 saturated carbocycles. The number of hydrogen-bond donors (Lipinski definition) is 1. The number of piperidine rings is 1. The maximum absolute atomic E-state index is 12.9. The fraction of sp³-hybridized carbons (Fsp3) is 0.476. The summed E-state index contributed by atoms with van der Waals surface area (Å²) < 4.78 is 13.9. The van der Waals surface area contributed by atoms with E-state index in [1.165, 1.54) is 0 Å². The number of ether oxygens (including phenoxy) is 2. The molecule has 8 nitrogen and oxygen atoms in total. The van der Waals surface area contributed by atoms with Gasteiger partial charge in [-0.15, -0.1) is 0 Å². The van der Waals surface area contributed by atoms with Gasteiger partial charge in [0, 0.05) is 26.6 Å². The standard InChI is InChI=1S/C21H24N4O4/c1-22-19(26)16-11-15-12-28-21(13-25(15)23-16)6-8-24(9-7-21)20(27)18-10-14-4-2-3-5-17(14)29-18/h2-5,11,18H,6-10,12-13H2,1H3,(H,22,26). The number of likely N-dealkylation sites (tertiary alicyclic amines) is 1. The lowest BCUT2D eigenvalue weighted by Gasteiger charge is -2.44. The van der Waals surface area contributed by atoms with E-state index < -0.39 is 6.10 Å². The fourth-order valence-corrected chi connectivity index (χ4v) is 4.45. The molecule has 1 N–H and O–H groups in total. The van der Waals surface area contributed by atoms with Crippen molar-refractivity contribution in [2.45, 2.75) is 44.1 Å². The summed E-state index contributed by atoms with van der Waals surface area (Å²) in [4.78, 5) is 26.7. The van der Waals surface area contributed by atoms with Crippen LogP contribution in [0, 0.1) is 0 Å². The first-order valence-corrected chi connectivity index (χ1v) is 10.0. The Morgan fingerprint density at radius 1 is 1.24 bits per heavy atom. The monoisotopic (exact) mass is 396 g/mol. The van der Waals surface area contributed by atoms with E-state index in [1.54, 1.807) is 13.1 Å². The van der Waals surface area contributed by atoms with Gasteiger partial charge in [-0.2, -0.15) is 5.10 Å². The molecule has 0 aliphatic carbocycles. The molecule has 1 fully saturated rings. The minimum atomic E-state index is -0.429. The molecule has 5 rings (SSSR count). The second-order valence-corrected chi connectivity index (χ2v) is 7.97. The summed E-state index contributed by atoms with van der Waals surface area (Å²) in [6.07, 6.45) is 1.69. The fourth-order valence-electron chi connectivity index (χ4n) is 4.45. The molecular formula is C21H24N4O4. The first-order valence-electron chi connectivity index (χ1n) is 10.0.